The molecule has 0 aliphatic heterocycles. The van der Waals surface area contributed by atoms with Gasteiger partial charge in [0.25, 0.3) is 5.56 Å². The highest BCUT2D eigenvalue weighted by Crippen LogP contribution is 2.28. The highest BCUT2D eigenvalue weighted by Gasteiger charge is 2.20. The van der Waals surface area contributed by atoms with Crippen LogP contribution < -0.4 is 5.56 Å². The second kappa shape index (κ2) is 8.52. The largest absolute Gasteiger partial charge is 0.420 e. The van der Waals surface area contributed by atoms with Crippen molar-refractivity contribution in [3.8, 4) is 17.1 Å². The van der Waals surface area contributed by atoms with Gasteiger partial charge in [0, 0.05) is 5.56 Å². The molecule has 0 amide bonds. The molecule has 3 aromatic heterocycles. The van der Waals surface area contributed by atoms with Crippen LogP contribution in [0.5, 0.6) is 0 Å². The monoisotopic (exact) mass is 480 g/mol. The van der Waals surface area contributed by atoms with E-state index in [0.29, 0.717) is 33.9 Å². The Bertz CT molecular complexity index is 1730. The number of para-hydroxylation sites is 2. The van der Waals surface area contributed by atoms with Crippen molar-refractivity contribution in [1.29, 1.82) is 0 Å². The molecule has 35 heavy (non-hydrogen) atoms. The van der Waals surface area contributed by atoms with E-state index in [-0.39, 0.29) is 5.56 Å². The number of thioether (sulfide) groups is 1. The first-order valence-electron chi connectivity index (χ1n) is 11.1. The lowest BCUT2D eigenvalue weighted by Gasteiger charge is -2.15. The Labute approximate surface area is 204 Å². The van der Waals surface area contributed by atoms with Crippen LogP contribution in [0.2, 0.25) is 0 Å². The first kappa shape index (κ1) is 21.3. The standard InChI is InChI=1S/C26H20N6O2S/c1-16-9-8-10-17(2)22(16)32-24(33)19-13-6-7-14-20(19)31-25(32)29-30-26(31)35-15-21-27-28-23(34-21)18-11-4-3-5-12-18/h3-14H,15H2,1-2H3. The molecule has 0 aliphatic carbocycles. The van der Waals surface area contributed by atoms with E-state index in [1.807, 2.05) is 91.0 Å². The fourth-order valence-electron chi connectivity index (χ4n) is 4.27. The zero-order valence-corrected chi connectivity index (χ0v) is 19.9. The molecule has 0 radical (unpaired) electrons. The van der Waals surface area contributed by atoms with Crippen LogP contribution in [-0.4, -0.2) is 29.4 Å². The molecule has 3 heterocycles. The van der Waals surface area contributed by atoms with Gasteiger partial charge in [0.1, 0.15) is 0 Å². The Kier molecular flexibility index (Phi) is 5.18. The van der Waals surface area contributed by atoms with Crippen molar-refractivity contribution >= 4 is 28.4 Å². The van der Waals surface area contributed by atoms with Gasteiger partial charge in [-0.2, -0.15) is 0 Å². The predicted molar refractivity (Wildman–Crippen MR) is 135 cm³/mol. The van der Waals surface area contributed by atoms with Crippen LogP contribution in [0.1, 0.15) is 17.0 Å². The lowest BCUT2D eigenvalue weighted by molar-refractivity contribution is 0.528. The number of hydrogen-bond donors (Lipinski definition) is 0. The van der Waals surface area contributed by atoms with Crippen LogP contribution in [0.25, 0.3) is 33.8 Å². The third kappa shape index (κ3) is 3.60. The van der Waals surface area contributed by atoms with Gasteiger partial charge in [-0.1, -0.05) is 60.3 Å². The first-order valence-corrected chi connectivity index (χ1v) is 12.1. The second-order valence-electron chi connectivity index (χ2n) is 8.17. The minimum atomic E-state index is -0.126. The van der Waals surface area contributed by atoms with Crippen molar-refractivity contribution < 1.29 is 4.42 Å². The number of nitrogens with zero attached hydrogens (tertiary/aromatic N) is 6. The van der Waals surface area contributed by atoms with Crippen molar-refractivity contribution in [3.05, 3.63) is 100 Å². The van der Waals surface area contributed by atoms with E-state index in [0.717, 1.165) is 27.9 Å². The van der Waals surface area contributed by atoms with Crippen molar-refractivity contribution in [1.82, 2.24) is 29.4 Å². The fraction of sp³-hybridized carbons (Fsp3) is 0.115. The Balaban J connectivity index is 1.46. The van der Waals surface area contributed by atoms with E-state index in [1.54, 1.807) is 4.57 Å². The number of rotatable bonds is 5. The Morgan fingerprint density at radius 2 is 1.57 bits per heavy atom. The molecule has 0 saturated heterocycles. The average molecular weight is 481 g/mol. The van der Waals surface area contributed by atoms with Gasteiger partial charge in [-0.25, -0.2) is 4.57 Å². The summed E-state index contributed by atoms with van der Waals surface area (Å²) in [6.07, 6.45) is 0. The van der Waals surface area contributed by atoms with E-state index >= 15 is 0 Å². The van der Waals surface area contributed by atoms with Crippen molar-refractivity contribution in [2.75, 3.05) is 0 Å². The highest BCUT2D eigenvalue weighted by atomic mass is 32.2. The molecule has 0 unspecified atom stereocenters. The lowest BCUT2D eigenvalue weighted by Crippen LogP contribution is -2.23. The number of benzene rings is 3. The molecule has 0 fully saturated rings. The van der Waals surface area contributed by atoms with Crippen LogP contribution in [0.3, 0.4) is 0 Å². The third-order valence-electron chi connectivity index (χ3n) is 5.87. The van der Waals surface area contributed by atoms with Crippen LogP contribution in [-0.2, 0) is 5.75 Å². The molecule has 0 bridgehead atoms. The van der Waals surface area contributed by atoms with E-state index in [4.69, 9.17) is 4.42 Å². The van der Waals surface area contributed by atoms with E-state index in [9.17, 15) is 4.79 Å². The molecule has 6 rings (SSSR count). The van der Waals surface area contributed by atoms with Crippen LogP contribution in [0.4, 0.5) is 0 Å². The maximum atomic E-state index is 13.6. The average Bonchev–Trinajstić information content (AvgIpc) is 3.52. The van der Waals surface area contributed by atoms with Crippen LogP contribution >= 0.6 is 11.8 Å². The summed E-state index contributed by atoms with van der Waals surface area (Å²) in [5.41, 5.74) is 4.29. The summed E-state index contributed by atoms with van der Waals surface area (Å²) in [7, 11) is 0. The lowest BCUT2D eigenvalue weighted by atomic mass is 10.1. The third-order valence-corrected chi connectivity index (χ3v) is 6.78. The number of hydrogen-bond acceptors (Lipinski definition) is 7. The zero-order chi connectivity index (χ0) is 23.9. The van der Waals surface area contributed by atoms with Crippen LogP contribution in [0.15, 0.2) is 87.2 Å². The minimum absolute atomic E-state index is 0.126. The van der Waals surface area contributed by atoms with Gasteiger partial charge in [0.2, 0.25) is 17.6 Å². The van der Waals surface area contributed by atoms with Gasteiger partial charge in [0.05, 0.1) is 22.3 Å². The van der Waals surface area contributed by atoms with Gasteiger partial charge < -0.3 is 4.42 Å². The summed E-state index contributed by atoms with van der Waals surface area (Å²) in [6.45, 7) is 3.98. The van der Waals surface area contributed by atoms with Gasteiger partial charge in [0.15, 0.2) is 5.16 Å². The summed E-state index contributed by atoms with van der Waals surface area (Å²) in [5.74, 6) is 1.83. The minimum Gasteiger partial charge on any atom is -0.420 e. The van der Waals surface area contributed by atoms with Gasteiger partial charge in [-0.3, -0.25) is 9.20 Å². The van der Waals surface area contributed by atoms with Gasteiger partial charge in [-0.15, -0.1) is 20.4 Å². The fourth-order valence-corrected chi connectivity index (χ4v) is 5.04. The normalized spacial score (nSPS) is 11.5. The summed E-state index contributed by atoms with van der Waals surface area (Å²) in [5, 5.41) is 18.5. The Hall–Kier alpha value is -4.24. The number of aromatic nitrogens is 6. The molecule has 0 saturated carbocycles. The molecule has 3 aromatic carbocycles. The maximum absolute atomic E-state index is 13.6. The van der Waals surface area contributed by atoms with Gasteiger partial charge in [-0.05, 0) is 49.2 Å². The molecule has 0 atom stereocenters. The number of aryl methyl sites for hydroxylation is 2. The molecule has 172 valence electrons. The predicted octanol–water partition coefficient (Wildman–Crippen LogP) is 4.99. The Morgan fingerprint density at radius 3 is 2.37 bits per heavy atom. The molecular formula is C26H20N6O2S. The SMILES string of the molecule is Cc1cccc(C)c1-n1c(=O)c2ccccc2n2c(SCc3nnc(-c4ccccc4)o3)nnc12. The number of fused-ring (bicyclic) bond motifs is 3. The molecular weight excluding hydrogens is 460 g/mol. The quantitative estimate of drug-likeness (QED) is 0.321. The molecule has 0 N–H and O–H groups in total. The molecule has 9 heteroatoms. The summed E-state index contributed by atoms with van der Waals surface area (Å²) in [6, 6.07) is 23.1. The molecule has 0 spiro atoms. The topological polar surface area (TPSA) is 91.1 Å². The summed E-state index contributed by atoms with van der Waals surface area (Å²) in [4.78, 5) is 13.6. The highest BCUT2D eigenvalue weighted by molar-refractivity contribution is 7.98. The Morgan fingerprint density at radius 1 is 0.829 bits per heavy atom. The molecule has 0 aliphatic rings. The van der Waals surface area contributed by atoms with Crippen LogP contribution in [0, 0.1) is 13.8 Å². The zero-order valence-electron chi connectivity index (χ0n) is 19.0. The van der Waals surface area contributed by atoms with E-state index < -0.39 is 0 Å². The molecule has 6 aromatic rings. The first-order chi connectivity index (χ1) is 17.1. The van der Waals surface area contributed by atoms with Gasteiger partial charge >= 0.3 is 0 Å². The smallest absolute Gasteiger partial charge is 0.267 e. The van der Waals surface area contributed by atoms with E-state index in [2.05, 4.69) is 20.4 Å². The van der Waals surface area contributed by atoms with Crippen molar-refractivity contribution in [3.63, 3.8) is 0 Å². The van der Waals surface area contributed by atoms with E-state index in [1.165, 1.54) is 11.8 Å². The molecule has 8 nitrogen and oxygen atoms in total. The maximum Gasteiger partial charge on any atom is 0.267 e. The van der Waals surface area contributed by atoms with Crippen molar-refractivity contribution in [2.24, 2.45) is 0 Å². The summed E-state index contributed by atoms with van der Waals surface area (Å²) < 4.78 is 9.43. The second-order valence-corrected chi connectivity index (χ2v) is 9.11. The van der Waals surface area contributed by atoms with Crippen molar-refractivity contribution in [2.45, 2.75) is 24.8 Å². The summed E-state index contributed by atoms with van der Waals surface area (Å²) >= 11 is 1.43.